The fourth-order valence-corrected chi connectivity index (χ4v) is 1.98. The summed E-state index contributed by atoms with van der Waals surface area (Å²) in [4.78, 5) is 21.8. The molecule has 1 N–H and O–H groups in total. The molecule has 4 nitrogen and oxygen atoms in total. The molecule has 0 amide bonds. The second-order valence-corrected chi connectivity index (χ2v) is 5.45. The van der Waals surface area contributed by atoms with Crippen molar-refractivity contribution < 1.29 is 19.4 Å². The highest BCUT2D eigenvalue weighted by Crippen LogP contribution is 2.16. The minimum absolute atomic E-state index is 0.132. The van der Waals surface area contributed by atoms with Crippen LogP contribution in [0.15, 0.2) is 12.2 Å². The topological polar surface area (TPSA) is 63.6 Å². The van der Waals surface area contributed by atoms with Crippen molar-refractivity contribution in [3.8, 4) is 0 Å². The van der Waals surface area contributed by atoms with E-state index in [1.165, 1.54) is 25.7 Å². The van der Waals surface area contributed by atoms with Gasteiger partial charge in [0.25, 0.3) is 0 Å². The number of unbranched alkanes of at least 4 members (excludes halogenated alkanes) is 5. The third kappa shape index (κ3) is 10.6. The van der Waals surface area contributed by atoms with E-state index >= 15 is 0 Å². The molecule has 0 saturated carbocycles. The molecular weight excluding hydrogens is 256 g/mol. The van der Waals surface area contributed by atoms with Gasteiger partial charge in [-0.2, -0.15) is 0 Å². The van der Waals surface area contributed by atoms with Gasteiger partial charge in [-0.25, -0.2) is 9.59 Å². The number of hydrogen-bond donors (Lipinski definition) is 1. The lowest BCUT2D eigenvalue weighted by Gasteiger charge is -2.20. The highest BCUT2D eigenvalue weighted by Gasteiger charge is 2.16. The summed E-state index contributed by atoms with van der Waals surface area (Å²) in [5, 5.41) is 8.46. The van der Waals surface area contributed by atoms with Crippen molar-refractivity contribution in [1.29, 1.82) is 0 Å². The summed E-state index contributed by atoms with van der Waals surface area (Å²) < 4.78 is 5.30. The Balaban J connectivity index is 3.98. The van der Waals surface area contributed by atoms with Crippen LogP contribution in [0.4, 0.5) is 0 Å². The smallest absolute Gasteiger partial charge is 0.331 e. The molecule has 0 fully saturated rings. The van der Waals surface area contributed by atoms with Gasteiger partial charge < -0.3 is 9.84 Å². The van der Waals surface area contributed by atoms with Gasteiger partial charge in [-0.3, -0.25) is 0 Å². The van der Waals surface area contributed by atoms with Crippen LogP contribution in [0.25, 0.3) is 0 Å². The molecule has 0 radical (unpaired) electrons. The van der Waals surface area contributed by atoms with E-state index in [2.05, 4.69) is 6.92 Å². The predicted octanol–water partition coefficient (Wildman–Crippen LogP) is 3.95. The summed E-state index contributed by atoms with van der Waals surface area (Å²) in [6.07, 6.45) is 9.71. The van der Waals surface area contributed by atoms with Crippen LogP contribution < -0.4 is 0 Å². The number of carboxylic acid groups (broad SMARTS) is 1. The Labute approximate surface area is 122 Å². The minimum Gasteiger partial charge on any atom is -0.478 e. The average Bonchev–Trinajstić information content (AvgIpc) is 2.38. The van der Waals surface area contributed by atoms with E-state index < -0.39 is 11.9 Å². The third-order valence-electron chi connectivity index (χ3n) is 3.22. The van der Waals surface area contributed by atoms with Crippen molar-refractivity contribution in [3.63, 3.8) is 0 Å². The number of carboxylic acids is 1. The first-order valence-electron chi connectivity index (χ1n) is 7.59. The molecule has 0 bridgehead atoms. The zero-order valence-corrected chi connectivity index (χ0v) is 12.9. The largest absolute Gasteiger partial charge is 0.478 e. The second-order valence-electron chi connectivity index (χ2n) is 5.45. The number of hydrogen-bond acceptors (Lipinski definition) is 3. The maximum absolute atomic E-state index is 11.5. The molecule has 116 valence electrons. The lowest BCUT2D eigenvalue weighted by molar-refractivity contribution is -0.146. The van der Waals surface area contributed by atoms with E-state index in [1.807, 2.05) is 13.8 Å². The number of aliphatic carboxylic acids is 1. The Morgan fingerprint density at radius 2 is 1.65 bits per heavy atom. The van der Waals surface area contributed by atoms with Gasteiger partial charge in [0.2, 0.25) is 0 Å². The first-order valence-corrected chi connectivity index (χ1v) is 7.59. The van der Waals surface area contributed by atoms with Gasteiger partial charge >= 0.3 is 11.9 Å². The molecule has 1 atom stereocenters. The van der Waals surface area contributed by atoms with E-state index in [9.17, 15) is 9.59 Å². The van der Waals surface area contributed by atoms with Gasteiger partial charge in [0.15, 0.2) is 0 Å². The first kappa shape index (κ1) is 18.7. The maximum atomic E-state index is 11.5. The average molecular weight is 284 g/mol. The monoisotopic (exact) mass is 284 g/mol. The van der Waals surface area contributed by atoms with Crippen molar-refractivity contribution in [1.82, 2.24) is 0 Å². The third-order valence-corrected chi connectivity index (χ3v) is 3.22. The molecule has 0 aromatic heterocycles. The van der Waals surface area contributed by atoms with Gasteiger partial charge in [-0.15, -0.1) is 0 Å². The lowest BCUT2D eigenvalue weighted by atomic mass is 10.00. The van der Waals surface area contributed by atoms with Gasteiger partial charge in [0.1, 0.15) is 6.10 Å². The Morgan fingerprint density at radius 1 is 1.05 bits per heavy atom. The fraction of sp³-hybridized carbons (Fsp3) is 0.750. The van der Waals surface area contributed by atoms with Crippen molar-refractivity contribution in [2.75, 3.05) is 0 Å². The molecular formula is C16H28O4. The summed E-state index contributed by atoms with van der Waals surface area (Å²) >= 11 is 0. The quantitative estimate of drug-likeness (QED) is 0.354. The van der Waals surface area contributed by atoms with Crippen LogP contribution in [0.3, 0.4) is 0 Å². The van der Waals surface area contributed by atoms with E-state index in [0.717, 1.165) is 31.4 Å². The van der Waals surface area contributed by atoms with Crippen LogP contribution in [-0.2, 0) is 14.3 Å². The zero-order chi connectivity index (χ0) is 15.4. The molecule has 0 spiro atoms. The maximum Gasteiger partial charge on any atom is 0.331 e. The normalized spacial score (nSPS) is 12.8. The van der Waals surface area contributed by atoms with Crippen LogP contribution >= 0.6 is 0 Å². The Kier molecular flexibility index (Phi) is 10.7. The Bertz CT molecular complexity index is 308. The molecule has 0 aliphatic heterocycles. The van der Waals surface area contributed by atoms with Crippen LogP contribution in [-0.4, -0.2) is 23.1 Å². The van der Waals surface area contributed by atoms with Gasteiger partial charge in [-0.1, -0.05) is 52.9 Å². The van der Waals surface area contributed by atoms with E-state index in [-0.39, 0.29) is 12.0 Å². The van der Waals surface area contributed by atoms with Crippen LogP contribution in [0.5, 0.6) is 0 Å². The molecule has 1 unspecified atom stereocenters. The Morgan fingerprint density at radius 3 is 2.20 bits per heavy atom. The molecule has 0 heterocycles. The second kappa shape index (κ2) is 11.5. The van der Waals surface area contributed by atoms with E-state index in [4.69, 9.17) is 9.84 Å². The molecule has 0 aromatic carbocycles. The minimum atomic E-state index is -1.14. The standard InChI is InChI=1S/C16H28O4/c1-4-5-6-7-8-9-10-14(13(2)3)20-16(19)12-11-15(17)18/h11-14H,4-10H2,1-3H3,(H,17,18)/b12-11+. The summed E-state index contributed by atoms with van der Waals surface area (Å²) in [5.74, 6) is -1.47. The zero-order valence-electron chi connectivity index (χ0n) is 12.9. The van der Waals surface area contributed by atoms with Gasteiger partial charge in [-0.05, 0) is 18.8 Å². The Hall–Kier alpha value is -1.32. The predicted molar refractivity (Wildman–Crippen MR) is 79.5 cm³/mol. The molecule has 0 aromatic rings. The number of ether oxygens (including phenoxy) is 1. The van der Waals surface area contributed by atoms with Crippen molar-refractivity contribution >= 4 is 11.9 Å². The van der Waals surface area contributed by atoms with E-state index in [0.29, 0.717) is 0 Å². The number of esters is 1. The molecule has 0 aliphatic rings. The summed E-state index contributed by atoms with van der Waals surface area (Å²) in [5.41, 5.74) is 0. The highest BCUT2D eigenvalue weighted by atomic mass is 16.5. The van der Waals surface area contributed by atoms with Gasteiger partial charge in [0.05, 0.1) is 0 Å². The van der Waals surface area contributed by atoms with Crippen LogP contribution in [0, 0.1) is 5.92 Å². The number of rotatable bonds is 11. The lowest BCUT2D eigenvalue weighted by Crippen LogP contribution is -2.22. The van der Waals surface area contributed by atoms with Crippen molar-refractivity contribution in [2.45, 2.75) is 71.8 Å². The van der Waals surface area contributed by atoms with Gasteiger partial charge in [0, 0.05) is 12.2 Å². The molecule has 4 heteroatoms. The summed E-state index contributed by atoms with van der Waals surface area (Å²) in [6, 6.07) is 0. The van der Waals surface area contributed by atoms with Crippen molar-refractivity contribution in [3.05, 3.63) is 12.2 Å². The fourth-order valence-electron chi connectivity index (χ4n) is 1.98. The molecule has 0 saturated heterocycles. The summed E-state index contributed by atoms with van der Waals surface area (Å²) in [7, 11) is 0. The van der Waals surface area contributed by atoms with E-state index in [1.54, 1.807) is 0 Å². The molecule has 20 heavy (non-hydrogen) atoms. The summed E-state index contributed by atoms with van der Waals surface area (Å²) in [6.45, 7) is 6.21. The first-order chi connectivity index (χ1) is 9.47. The van der Waals surface area contributed by atoms with Crippen LogP contribution in [0.1, 0.15) is 65.7 Å². The van der Waals surface area contributed by atoms with Crippen LogP contribution in [0.2, 0.25) is 0 Å². The van der Waals surface area contributed by atoms with Crippen molar-refractivity contribution in [2.24, 2.45) is 5.92 Å². The number of carbonyl (C=O) groups excluding carboxylic acids is 1. The SMILES string of the molecule is CCCCCCCCC(OC(=O)/C=C/C(=O)O)C(C)C. The molecule has 0 rings (SSSR count). The number of carbonyl (C=O) groups is 2. The molecule has 0 aliphatic carbocycles. The highest BCUT2D eigenvalue weighted by molar-refractivity contribution is 5.90.